The Bertz CT molecular complexity index is 1200. The molecule has 6 heteroatoms. The van der Waals surface area contributed by atoms with Gasteiger partial charge in [0.2, 0.25) is 0 Å². The van der Waals surface area contributed by atoms with E-state index in [1.165, 1.54) is 5.56 Å². The van der Waals surface area contributed by atoms with E-state index in [1.807, 2.05) is 25.3 Å². The van der Waals surface area contributed by atoms with E-state index in [9.17, 15) is 4.79 Å². The number of nitrogens with one attached hydrogen (secondary N) is 2. The van der Waals surface area contributed by atoms with Crippen molar-refractivity contribution < 1.29 is 4.79 Å². The van der Waals surface area contributed by atoms with Crippen LogP contribution in [-0.2, 0) is 13.0 Å². The molecule has 2 N–H and O–H groups in total. The Morgan fingerprint density at radius 3 is 2.93 bits per heavy atom. The van der Waals surface area contributed by atoms with Gasteiger partial charge in [-0.25, -0.2) is 10.4 Å². The summed E-state index contributed by atoms with van der Waals surface area (Å²) in [6.45, 7) is 7.03. The van der Waals surface area contributed by atoms with E-state index in [2.05, 4.69) is 51.0 Å². The number of nitrogens with zero attached hydrogens (tertiary/aromatic N) is 3. The second kappa shape index (κ2) is 7.31. The third kappa shape index (κ3) is 3.07. The van der Waals surface area contributed by atoms with Crippen molar-refractivity contribution >= 4 is 34.1 Å². The molecule has 0 saturated carbocycles. The Morgan fingerprint density at radius 1 is 1.29 bits per heavy atom. The maximum atomic E-state index is 12.5. The minimum Gasteiger partial charge on any atom is -0.360 e. The van der Waals surface area contributed by atoms with Gasteiger partial charge in [0, 0.05) is 34.8 Å². The van der Waals surface area contributed by atoms with Gasteiger partial charge in [-0.05, 0) is 44.0 Å². The van der Waals surface area contributed by atoms with Gasteiger partial charge in [-0.1, -0.05) is 25.1 Å². The fraction of sp³-hybridized carbons (Fsp3) is 0.227. The number of imidazole rings is 1. The number of hydrogen-bond donors (Lipinski definition) is 2. The van der Waals surface area contributed by atoms with E-state index in [4.69, 9.17) is 0 Å². The van der Waals surface area contributed by atoms with Crippen molar-refractivity contribution in [3.8, 4) is 0 Å². The summed E-state index contributed by atoms with van der Waals surface area (Å²) < 4.78 is 2.12. The average Bonchev–Trinajstić information content (AvgIpc) is 3.26. The Hall–Kier alpha value is -3.41. The SMILES string of the molecule is CCc1cccc2c(/C=N/NC(=O)c3ccc4c(c3)nc(C)n4CC)c[nH]c12. The number of H-pyrrole nitrogens is 1. The zero-order valence-corrected chi connectivity index (χ0v) is 16.3. The molecule has 4 aromatic rings. The maximum absolute atomic E-state index is 12.5. The standard InChI is InChI=1S/C22H23N5O/c1-4-15-7-6-8-18-17(12-23-21(15)18)13-24-26-22(28)16-9-10-20-19(11-16)25-14(3)27(20)5-2/h6-13,23H,4-5H2,1-3H3,(H,26,28)/b24-13+. The number of para-hydroxylation sites is 1. The number of carbonyl (C=O) groups is 1. The minimum atomic E-state index is -0.254. The molecule has 2 aromatic carbocycles. The van der Waals surface area contributed by atoms with Gasteiger partial charge in [0.25, 0.3) is 5.91 Å². The molecule has 0 saturated heterocycles. The van der Waals surface area contributed by atoms with Crippen molar-refractivity contribution in [1.82, 2.24) is 20.0 Å². The van der Waals surface area contributed by atoms with E-state index in [-0.39, 0.29) is 5.91 Å². The molecular formula is C22H23N5O. The highest BCUT2D eigenvalue weighted by molar-refractivity contribution is 6.01. The molecule has 2 heterocycles. The highest BCUT2D eigenvalue weighted by Crippen LogP contribution is 2.21. The van der Waals surface area contributed by atoms with Crippen LogP contribution < -0.4 is 5.43 Å². The van der Waals surface area contributed by atoms with E-state index in [1.54, 1.807) is 18.3 Å². The second-order valence-corrected chi connectivity index (χ2v) is 6.74. The van der Waals surface area contributed by atoms with Crippen molar-refractivity contribution in [2.45, 2.75) is 33.7 Å². The lowest BCUT2D eigenvalue weighted by atomic mass is 10.1. The van der Waals surface area contributed by atoms with Crippen LogP contribution in [0.1, 0.15) is 41.2 Å². The topological polar surface area (TPSA) is 75.1 Å². The lowest BCUT2D eigenvalue weighted by Crippen LogP contribution is -2.17. The molecule has 6 nitrogen and oxygen atoms in total. The normalized spacial score (nSPS) is 11.7. The minimum absolute atomic E-state index is 0.254. The number of hydrazone groups is 1. The van der Waals surface area contributed by atoms with Crippen molar-refractivity contribution in [3.63, 3.8) is 0 Å². The number of benzene rings is 2. The summed E-state index contributed by atoms with van der Waals surface area (Å²) in [6.07, 6.45) is 4.54. The predicted molar refractivity (Wildman–Crippen MR) is 113 cm³/mol. The van der Waals surface area contributed by atoms with E-state index < -0.39 is 0 Å². The molecule has 0 fully saturated rings. The summed E-state index contributed by atoms with van der Waals surface area (Å²) in [7, 11) is 0. The average molecular weight is 373 g/mol. The van der Waals surface area contributed by atoms with Crippen molar-refractivity contribution in [2.75, 3.05) is 0 Å². The van der Waals surface area contributed by atoms with Crippen LogP contribution in [0.3, 0.4) is 0 Å². The van der Waals surface area contributed by atoms with Crippen LogP contribution >= 0.6 is 0 Å². The van der Waals surface area contributed by atoms with E-state index >= 15 is 0 Å². The van der Waals surface area contributed by atoms with Crippen molar-refractivity contribution in [2.24, 2.45) is 5.10 Å². The number of amides is 1. The van der Waals surface area contributed by atoms with Crippen LogP contribution in [0.4, 0.5) is 0 Å². The summed E-state index contributed by atoms with van der Waals surface area (Å²) in [5.74, 6) is 0.690. The molecule has 0 bridgehead atoms. The van der Waals surface area contributed by atoms with Gasteiger partial charge >= 0.3 is 0 Å². The molecule has 4 rings (SSSR count). The van der Waals surface area contributed by atoms with Crippen LogP contribution in [0.5, 0.6) is 0 Å². The van der Waals surface area contributed by atoms with Gasteiger partial charge in [-0.2, -0.15) is 5.10 Å². The second-order valence-electron chi connectivity index (χ2n) is 6.74. The fourth-order valence-corrected chi connectivity index (χ4v) is 3.66. The molecular weight excluding hydrogens is 350 g/mol. The molecule has 0 unspecified atom stereocenters. The van der Waals surface area contributed by atoms with Gasteiger partial charge in [0.05, 0.1) is 17.2 Å². The number of aromatic amines is 1. The zero-order chi connectivity index (χ0) is 19.7. The number of hydrogen-bond acceptors (Lipinski definition) is 3. The van der Waals surface area contributed by atoms with Gasteiger partial charge in [-0.3, -0.25) is 4.79 Å². The number of carbonyl (C=O) groups excluding carboxylic acids is 1. The summed E-state index contributed by atoms with van der Waals surface area (Å²) in [5, 5.41) is 5.24. The first-order valence-electron chi connectivity index (χ1n) is 9.51. The van der Waals surface area contributed by atoms with Crippen LogP contribution in [0.2, 0.25) is 0 Å². The van der Waals surface area contributed by atoms with Gasteiger partial charge in [0.1, 0.15) is 5.82 Å². The third-order valence-corrected chi connectivity index (χ3v) is 5.10. The highest BCUT2D eigenvalue weighted by Gasteiger charge is 2.10. The number of aromatic nitrogens is 3. The molecule has 0 spiro atoms. The van der Waals surface area contributed by atoms with Crippen LogP contribution in [-0.4, -0.2) is 26.7 Å². The molecule has 0 aliphatic heterocycles. The first-order chi connectivity index (χ1) is 13.6. The highest BCUT2D eigenvalue weighted by atomic mass is 16.2. The van der Waals surface area contributed by atoms with Crippen LogP contribution in [0.25, 0.3) is 21.9 Å². The molecule has 28 heavy (non-hydrogen) atoms. The fourth-order valence-electron chi connectivity index (χ4n) is 3.66. The summed E-state index contributed by atoms with van der Waals surface area (Å²) in [5.41, 5.74) is 8.32. The molecule has 142 valence electrons. The number of fused-ring (bicyclic) bond motifs is 2. The zero-order valence-electron chi connectivity index (χ0n) is 16.3. The molecule has 2 aromatic heterocycles. The van der Waals surface area contributed by atoms with E-state index in [0.29, 0.717) is 5.56 Å². The molecule has 0 atom stereocenters. The lowest BCUT2D eigenvalue weighted by Gasteiger charge is -2.03. The number of rotatable bonds is 5. The first kappa shape index (κ1) is 18.0. The van der Waals surface area contributed by atoms with E-state index in [0.717, 1.165) is 46.3 Å². The van der Waals surface area contributed by atoms with Crippen LogP contribution in [0, 0.1) is 6.92 Å². The van der Waals surface area contributed by atoms with Gasteiger partial charge in [0.15, 0.2) is 0 Å². The summed E-state index contributed by atoms with van der Waals surface area (Å²) >= 11 is 0. The number of aryl methyl sites for hydroxylation is 3. The molecule has 0 radical (unpaired) electrons. The Morgan fingerprint density at radius 2 is 2.14 bits per heavy atom. The Balaban J connectivity index is 1.54. The van der Waals surface area contributed by atoms with Gasteiger partial charge in [-0.15, -0.1) is 0 Å². The Kier molecular flexibility index (Phi) is 4.69. The molecule has 1 amide bonds. The largest absolute Gasteiger partial charge is 0.360 e. The Labute approximate surface area is 163 Å². The summed E-state index contributed by atoms with van der Waals surface area (Å²) in [4.78, 5) is 20.3. The molecule has 0 aliphatic rings. The monoisotopic (exact) mass is 373 g/mol. The third-order valence-electron chi connectivity index (χ3n) is 5.10. The smallest absolute Gasteiger partial charge is 0.271 e. The lowest BCUT2D eigenvalue weighted by molar-refractivity contribution is 0.0955. The maximum Gasteiger partial charge on any atom is 0.271 e. The first-order valence-corrected chi connectivity index (χ1v) is 9.51. The summed E-state index contributed by atoms with van der Waals surface area (Å²) in [6, 6.07) is 11.7. The quantitative estimate of drug-likeness (QED) is 0.407. The van der Waals surface area contributed by atoms with Crippen molar-refractivity contribution in [3.05, 3.63) is 65.1 Å². The van der Waals surface area contributed by atoms with Crippen molar-refractivity contribution in [1.29, 1.82) is 0 Å². The van der Waals surface area contributed by atoms with Crippen LogP contribution in [0.15, 0.2) is 47.7 Å². The molecule has 0 aliphatic carbocycles. The predicted octanol–water partition coefficient (Wildman–Crippen LogP) is 4.17. The van der Waals surface area contributed by atoms with Gasteiger partial charge < -0.3 is 9.55 Å².